The lowest BCUT2D eigenvalue weighted by molar-refractivity contribution is -0.709. The summed E-state index contributed by atoms with van der Waals surface area (Å²) in [6, 6.07) is 10.6. The highest BCUT2D eigenvalue weighted by molar-refractivity contribution is 6.35. The number of halogens is 3. The number of amides is 1. The van der Waals surface area contributed by atoms with E-state index in [9.17, 15) is 9.18 Å². The number of hydrogen-bond donors (Lipinski definition) is 2. The van der Waals surface area contributed by atoms with E-state index in [0.29, 0.717) is 21.8 Å². The highest BCUT2D eigenvalue weighted by Gasteiger charge is 2.23. The third-order valence-electron chi connectivity index (χ3n) is 3.80. The Labute approximate surface area is 155 Å². The van der Waals surface area contributed by atoms with Crippen molar-refractivity contribution in [3.8, 4) is 6.07 Å². The Morgan fingerprint density at radius 3 is 2.44 bits per heavy atom. The van der Waals surface area contributed by atoms with Gasteiger partial charge in [-0.15, -0.1) is 0 Å². The van der Waals surface area contributed by atoms with Crippen molar-refractivity contribution < 1.29 is 14.5 Å². The van der Waals surface area contributed by atoms with Crippen LogP contribution in [-0.2, 0) is 4.79 Å². The highest BCUT2D eigenvalue weighted by Crippen LogP contribution is 2.27. The second-order valence-electron chi connectivity index (χ2n) is 5.74. The summed E-state index contributed by atoms with van der Waals surface area (Å²) in [5, 5.41) is 13.7. The molecule has 2 atom stereocenters. The lowest BCUT2D eigenvalue weighted by Crippen LogP contribution is -2.91. The monoisotopic (exact) mass is 380 g/mol. The number of nitrogens with one attached hydrogen (secondary N) is 1. The zero-order chi connectivity index (χ0) is 18.6. The zero-order valence-corrected chi connectivity index (χ0v) is 15.2. The minimum atomic E-state index is -0.545. The van der Waals surface area contributed by atoms with E-state index in [4.69, 9.17) is 28.5 Å². The van der Waals surface area contributed by atoms with Crippen molar-refractivity contribution in [2.75, 3.05) is 5.32 Å². The number of carbonyl (C=O) groups excluding carboxylic acids is 1. The van der Waals surface area contributed by atoms with Crippen molar-refractivity contribution >= 4 is 34.8 Å². The Balaban J connectivity index is 2.02. The molecule has 25 heavy (non-hydrogen) atoms. The second kappa shape index (κ2) is 8.30. The third kappa shape index (κ3) is 4.93. The molecule has 130 valence electrons. The fraction of sp³-hybridized carbons (Fsp3) is 0.222. The summed E-state index contributed by atoms with van der Waals surface area (Å²) >= 11 is 11.8. The maximum atomic E-state index is 13.7. The second-order valence-corrected chi connectivity index (χ2v) is 6.55. The molecule has 0 unspecified atom stereocenters. The first kappa shape index (κ1) is 19.2. The third-order valence-corrected chi connectivity index (χ3v) is 4.42. The number of nitrogens with two attached hydrogens (primary N) is 1. The molecule has 0 aromatic heterocycles. The van der Waals surface area contributed by atoms with Crippen LogP contribution >= 0.6 is 23.2 Å². The summed E-state index contributed by atoms with van der Waals surface area (Å²) in [4.78, 5) is 12.3. The molecule has 2 rings (SSSR count). The number of benzene rings is 2. The molecule has 3 N–H and O–H groups in total. The van der Waals surface area contributed by atoms with Gasteiger partial charge in [0.2, 0.25) is 0 Å². The summed E-state index contributed by atoms with van der Waals surface area (Å²) in [5.74, 6) is -0.752. The Bertz CT molecular complexity index is 818. The van der Waals surface area contributed by atoms with Crippen LogP contribution in [0.4, 0.5) is 10.1 Å². The van der Waals surface area contributed by atoms with Crippen molar-refractivity contribution in [3.63, 3.8) is 0 Å². The minimum absolute atomic E-state index is 0.0347. The Morgan fingerprint density at radius 2 is 1.84 bits per heavy atom. The molecule has 0 bridgehead atoms. The highest BCUT2D eigenvalue weighted by atomic mass is 35.5. The van der Waals surface area contributed by atoms with E-state index in [-0.39, 0.29) is 17.0 Å². The molecule has 0 saturated heterocycles. The van der Waals surface area contributed by atoms with Crippen LogP contribution in [0, 0.1) is 17.1 Å². The van der Waals surface area contributed by atoms with Crippen LogP contribution in [0.5, 0.6) is 0 Å². The first-order valence-electron chi connectivity index (χ1n) is 7.62. The molecule has 0 aliphatic carbocycles. The van der Waals surface area contributed by atoms with E-state index in [1.807, 2.05) is 13.0 Å². The van der Waals surface area contributed by atoms with Crippen molar-refractivity contribution in [1.82, 2.24) is 0 Å². The Hall–Kier alpha value is -2.13. The predicted octanol–water partition coefficient (Wildman–Crippen LogP) is 3.66. The first-order valence-corrected chi connectivity index (χ1v) is 8.38. The number of anilines is 1. The fourth-order valence-corrected chi connectivity index (χ4v) is 2.95. The molecular weight excluding hydrogens is 364 g/mol. The number of nitriles is 1. The van der Waals surface area contributed by atoms with Gasteiger partial charge in [0.05, 0.1) is 21.7 Å². The SMILES string of the molecule is C[C@H]([NH2+][C@@H](C)c1cc(F)c(Cl)cc1Cl)C(=O)Nc1ccc(C#N)cc1. The number of nitrogens with zero attached hydrogens (tertiary/aromatic N) is 1. The molecule has 0 saturated carbocycles. The first-order chi connectivity index (χ1) is 11.8. The van der Waals surface area contributed by atoms with E-state index in [1.54, 1.807) is 36.5 Å². The summed E-state index contributed by atoms with van der Waals surface area (Å²) in [7, 11) is 0. The van der Waals surface area contributed by atoms with E-state index in [2.05, 4.69) is 5.32 Å². The molecule has 2 aromatic carbocycles. The maximum Gasteiger partial charge on any atom is 0.282 e. The summed E-state index contributed by atoms with van der Waals surface area (Å²) in [6.07, 6.45) is 0. The number of rotatable bonds is 5. The maximum absolute atomic E-state index is 13.7. The van der Waals surface area contributed by atoms with Gasteiger partial charge in [-0.25, -0.2) is 4.39 Å². The molecule has 0 spiro atoms. The van der Waals surface area contributed by atoms with Gasteiger partial charge in [0.25, 0.3) is 5.91 Å². The smallest absolute Gasteiger partial charge is 0.282 e. The molecule has 7 heteroatoms. The predicted molar refractivity (Wildman–Crippen MR) is 96.0 cm³/mol. The van der Waals surface area contributed by atoms with Crippen LogP contribution in [0.1, 0.15) is 31.0 Å². The lowest BCUT2D eigenvalue weighted by Gasteiger charge is -2.18. The van der Waals surface area contributed by atoms with Crippen LogP contribution in [0.3, 0.4) is 0 Å². The van der Waals surface area contributed by atoms with Crippen LogP contribution in [0.2, 0.25) is 10.0 Å². The summed E-state index contributed by atoms with van der Waals surface area (Å²) < 4.78 is 13.7. The van der Waals surface area contributed by atoms with Gasteiger partial charge in [-0.1, -0.05) is 23.2 Å². The minimum Gasteiger partial charge on any atom is -0.330 e. The molecular formula is C18H17Cl2FN3O+. The average Bonchev–Trinajstić information content (AvgIpc) is 2.58. The van der Waals surface area contributed by atoms with E-state index >= 15 is 0 Å². The van der Waals surface area contributed by atoms with Gasteiger partial charge in [-0.2, -0.15) is 5.26 Å². The topological polar surface area (TPSA) is 69.5 Å². The van der Waals surface area contributed by atoms with Crippen molar-refractivity contribution in [2.45, 2.75) is 25.9 Å². The van der Waals surface area contributed by atoms with Gasteiger partial charge in [-0.3, -0.25) is 4.79 Å². The van der Waals surface area contributed by atoms with Gasteiger partial charge >= 0.3 is 0 Å². The van der Waals surface area contributed by atoms with Gasteiger partial charge in [-0.05, 0) is 50.2 Å². The lowest BCUT2D eigenvalue weighted by atomic mass is 10.1. The average molecular weight is 381 g/mol. The Kier molecular flexibility index (Phi) is 6.38. The molecule has 0 aliphatic rings. The van der Waals surface area contributed by atoms with Crippen molar-refractivity contribution in [2.24, 2.45) is 0 Å². The van der Waals surface area contributed by atoms with E-state index in [0.717, 1.165) is 0 Å². The van der Waals surface area contributed by atoms with E-state index in [1.165, 1.54) is 12.1 Å². The standard InChI is InChI=1S/C18H16Cl2FN3O/c1-10(14-7-17(21)16(20)8-15(14)19)23-11(2)18(25)24-13-5-3-12(9-22)4-6-13/h3-8,10-11,23H,1-2H3,(H,24,25)/p+1/t10-,11-/m0/s1. The molecule has 1 amide bonds. The normalized spacial score (nSPS) is 13.0. The van der Waals surface area contributed by atoms with Crippen molar-refractivity contribution in [1.29, 1.82) is 5.26 Å². The molecule has 4 nitrogen and oxygen atoms in total. The number of quaternary nitrogens is 1. The zero-order valence-electron chi connectivity index (χ0n) is 13.7. The van der Waals surface area contributed by atoms with E-state index < -0.39 is 11.9 Å². The quantitative estimate of drug-likeness (QED) is 0.777. The fourth-order valence-electron chi connectivity index (χ4n) is 2.40. The Morgan fingerprint density at radius 1 is 1.20 bits per heavy atom. The van der Waals surface area contributed by atoms with Crippen LogP contribution in [0.15, 0.2) is 36.4 Å². The molecule has 0 radical (unpaired) electrons. The summed E-state index contributed by atoms with van der Waals surface area (Å²) in [6.45, 7) is 3.58. The largest absolute Gasteiger partial charge is 0.330 e. The van der Waals surface area contributed by atoms with Gasteiger partial charge < -0.3 is 10.6 Å². The van der Waals surface area contributed by atoms with Crippen LogP contribution < -0.4 is 10.6 Å². The van der Waals surface area contributed by atoms with Gasteiger partial charge in [0, 0.05) is 11.3 Å². The number of carbonyl (C=O) groups is 1. The van der Waals surface area contributed by atoms with Gasteiger partial charge in [0.1, 0.15) is 11.9 Å². The molecule has 0 heterocycles. The summed E-state index contributed by atoms with van der Waals surface area (Å²) in [5.41, 5.74) is 1.69. The number of hydrogen-bond acceptors (Lipinski definition) is 2. The molecule has 0 fully saturated rings. The molecule has 0 aliphatic heterocycles. The van der Waals surface area contributed by atoms with Crippen LogP contribution in [0.25, 0.3) is 0 Å². The molecule has 2 aromatic rings. The van der Waals surface area contributed by atoms with Gasteiger partial charge in [0.15, 0.2) is 6.04 Å². The van der Waals surface area contributed by atoms with Crippen molar-refractivity contribution in [3.05, 3.63) is 63.4 Å². The van der Waals surface area contributed by atoms with Crippen LogP contribution in [-0.4, -0.2) is 11.9 Å².